The van der Waals surface area contributed by atoms with Gasteiger partial charge in [-0.1, -0.05) is 34.1 Å². The van der Waals surface area contributed by atoms with Gasteiger partial charge in [0.15, 0.2) is 0 Å². The second kappa shape index (κ2) is 6.02. The van der Waals surface area contributed by atoms with Crippen molar-refractivity contribution in [2.24, 2.45) is 11.3 Å². The average molecular weight is 227 g/mol. The fourth-order valence-corrected chi connectivity index (χ4v) is 2.78. The molecule has 0 aliphatic heterocycles. The average Bonchev–Trinajstić information content (AvgIpc) is 2.50. The molecule has 0 aromatic rings. The molecule has 2 unspecified atom stereocenters. The Kier molecular flexibility index (Phi) is 5.26. The zero-order chi connectivity index (χ0) is 12.2. The molecule has 1 aliphatic rings. The second-order valence-electron chi connectivity index (χ2n) is 5.98. The Balaban J connectivity index is 2.41. The van der Waals surface area contributed by atoms with Crippen molar-refractivity contribution in [3.05, 3.63) is 0 Å². The van der Waals surface area contributed by atoms with E-state index in [9.17, 15) is 5.11 Å². The molecule has 0 radical (unpaired) electrons. The van der Waals surface area contributed by atoms with E-state index >= 15 is 0 Å². The van der Waals surface area contributed by atoms with Gasteiger partial charge < -0.3 is 10.0 Å². The first kappa shape index (κ1) is 14.0. The summed E-state index contributed by atoms with van der Waals surface area (Å²) in [6, 6.07) is 0. The lowest BCUT2D eigenvalue weighted by molar-refractivity contribution is 0.0331. The lowest BCUT2D eigenvalue weighted by Gasteiger charge is -2.29. The van der Waals surface area contributed by atoms with Crippen molar-refractivity contribution < 1.29 is 5.11 Å². The third kappa shape index (κ3) is 3.46. The van der Waals surface area contributed by atoms with Crippen LogP contribution in [-0.2, 0) is 0 Å². The van der Waals surface area contributed by atoms with E-state index in [0.29, 0.717) is 5.92 Å². The van der Waals surface area contributed by atoms with E-state index in [2.05, 4.69) is 32.6 Å². The van der Waals surface area contributed by atoms with E-state index in [1.165, 1.54) is 32.2 Å². The molecule has 2 nitrogen and oxygen atoms in total. The Bertz CT molecular complexity index is 203. The van der Waals surface area contributed by atoms with Gasteiger partial charge in [0.2, 0.25) is 0 Å². The van der Waals surface area contributed by atoms with Crippen molar-refractivity contribution in [2.45, 2.75) is 59.5 Å². The highest BCUT2D eigenvalue weighted by Gasteiger charge is 2.40. The molecule has 1 N–H and O–H groups in total. The highest BCUT2D eigenvalue weighted by molar-refractivity contribution is 4.92. The first-order chi connectivity index (χ1) is 7.51. The number of aliphatic hydroxyl groups excluding tert-OH is 1. The molecule has 1 aliphatic carbocycles. The van der Waals surface area contributed by atoms with Crippen LogP contribution in [0.25, 0.3) is 0 Å². The summed E-state index contributed by atoms with van der Waals surface area (Å²) < 4.78 is 0. The molecular weight excluding hydrogens is 198 g/mol. The third-order valence-corrected chi connectivity index (χ3v) is 4.17. The molecule has 1 saturated carbocycles. The summed E-state index contributed by atoms with van der Waals surface area (Å²) in [5.74, 6) is 0.492. The largest absolute Gasteiger partial charge is 0.392 e. The maximum atomic E-state index is 10.3. The molecule has 0 heterocycles. The van der Waals surface area contributed by atoms with Crippen molar-refractivity contribution >= 4 is 0 Å². The molecule has 2 heteroatoms. The van der Waals surface area contributed by atoms with Crippen LogP contribution in [0.1, 0.15) is 53.4 Å². The van der Waals surface area contributed by atoms with Crippen LogP contribution in [-0.4, -0.2) is 35.7 Å². The Labute approximate surface area is 101 Å². The molecule has 1 rings (SSSR count). The molecule has 1 fully saturated rings. The predicted octanol–water partition coefficient (Wildman–Crippen LogP) is 2.91. The van der Waals surface area contributed by atoms with Gasteiger partial charge in [0, 0.05) is 6.54 Å². The summed E-state index contributed by atoms with van der Waals surface area (Å²) in [4.78, 5) is 2.50. The van der Waals surface area contributed by atoms with Crippen LogP contribution in [0.5, 0.6) is 0 Å². The third-order valence-electron chi connectivity index (χ3n) is 4.17. The van der Waals surface area contributed by atoms with Crippen molar-refractivity contribution in [1.29, 1.82) is 0 Å². The summed E-state index contributed by atoms with van der Waals surface area (Å²) >= 11 is 0. The first-order valence-electron chi connectivity index (χ1n) is 6.91. The molecule has 0 spiro atoms. The zero-order valence-corrected chi connectivity index (χ0v) is 11.5. The van der Waals surface area contributed by atoms with E-state index in [1.807, 2.05) is 0 Å². The molecule has 0 amide bonds. The fraction of sp³-hybridized carbons (Fsp3) is 1.00. The van der Waals surface area contributed by atoms with Gasteiger partial charge in [-0.3, -0.25) is 0 Å². The standard InChI is InChI=1S/C14H29NO/c1-5-7-10-15(6-2)11-12-8-9-14(3,4)13(12)16/h12-13,16H,5-11H2,1-4H3. The monoisotopic (exact) mass is 227 g/mol. The minimum atomic E-state index is -0.108. The Morgan fingerprint density at radius 3 is 2.44 bits per heavy atom. The molecule has 0 bridgehead atoms. The van der Waals surface area contributed by atoms with Crippen LogP contribution in [0.3, 0.4) is 0 Å². The summed E-state index contributed by atoms with van der Waals surface area (Å²) in [6.45, 7) is 12.2. The van der Waals surface area contributed by atoms with Crippen LogP contribution >= 0.6 is 0 Å². The summed E-state index contributed by atoms with van der Waals surface area (Å²) in [6.07, 6.45) is 4.79. The Morgan fingerprint density at radius 2 is 2.00 bits per heavy atom. The van der Waals surface area contributed by atoms with E-state index in [1.54, 1.807) is 0 Å². The number of nitrogens with zero attached hydrogens (tertiary/aromatic N) is 1. The molecule has 96 valence electrons. The van der Waals surface area contributed by atoms with Gasteiger partial charge >= 0.3 is 0 Å². The number of hydrogen-bond donors (Lipinski definition) is 1. The number of unbranched alkanes of at least 4 members (excludes halogenated alkanes) is 1. The minimum Gasteiger partial charge on any atom is -0.392 e. The highest BCUT2D eigenvalue weighted by Crippen LogP contribution is 2.41. The topological polar surface area (TPSA) is 23.5 Å². The first-order valence-corrected chi connectivity index (χ1v) is 6.91. The predicted molar refractivity (Wildman–Crippen MR) is 69.5 cm³/mol. The van der Waals surface area contributed by atoms with E-state index in [0.717, 1.165) is 13.1 Å². The van der Waals surface area contributed by atoms with E-state index in [-0.39, 0.29) is 11.5 Å². The van der Waals surface area contributed by atoms with E-state index in [4.69, 9.17) is 0 Å². The maximum absolute atomic E-state index is 10.3. The van der Waals surface area contributed by atoms with Gasteiger partial charge in [-0.25, -0.2) is 0 Å². The van der Waals surface area contributed by atoms with Gasteiger partial charge in [0.25, 0.3) is 0 Å². The molecule has 0 aromatic heterocycles. The smallest absolute Gasteiger partial charge is 0.0631 e. The van der Waals surface area contributed by atoms with Crippen LogP contribution < -0.4 is 0 Å². The summed E-state index contributed by atoms with van der Waals surface area (Å²) in [5, 5.41) is 10.3. The molecular formula is C14H29NO. The van der Waals surface area contributed by atoms with Crippen molar-refractivity contribution in [3.63, 3.8) is 0 Å². The van der Waals surface area contributed by atoms with Crippen LogP contribution in [0.4, 0.5) is 0 Å². The lowest BCUT2D eigenvalue weighted by Crippen LogP contribution is -2.37. The van der Waals surface area contributed by atoms with E-state index < -0.39 is 0 Å². The van der Waals surface area contributed by atoms with Gasteiger partial charge in [-0.15, -0.1) is 0 Å². The van der Waals surface area contributed by atoms with Crippen LogP contribution in [0, 0.1) is 11.3 Å². The maximum Gasteiger partial charge on any atom is 0.0631 e. The quantitative estimate of drug-likeness (QED) is 0.754. The second-order valence-corrected chi connectivity index (χ2v) is 5.98. The number of rotatable bonds is 6. The summed E-state index contributed by atoms with van der Waals surface area (Å²) in [7, 11) is 0. The zero-order valence-electron chi connectivity index (χ0n) is 11.5. The van der Waals surface area contributed by atoms with Gasteiger partial charge in [-0.2, -0.15) is 0 Å². The molecule has 0 aromatic carbocycles. The minimum absolute atomic E-state index is 0.108. The van der Waals surface area contributed by atoms with Crippen LogP contribution in [0.2, 0.25) is 0 Å². The van der Waals surface area contributed by atoms with Gasteiger partial charge in [0.05, 0.1) is 6.10 Å². The summed E-state index contributed by atoms with van der Waals surface area (Å²) in [5.41, 5.74) is 0.134. The van der Waals surface area contributed by atoms with Crippen molar-refractivity contribution in [3.8, 4) is 0 Å². The number of aliphatic hydroxyl groups is 1. The Morgan fingerprint density at radius 1 is 1.31 bits per heavy atom. The van der Waals surface area contributed by atoms with Crippen LogP contribution in [0.15, 0.2) is 0 Å². The lowest BCUT2D eigenvalue weighted by atomic mass is 9.87. The Hall–Kier alpha value is -0.0800. The molecule has 2 atom stereocenters. The van der Waals surface area contributed by atoms with Gasteiger partial charge in [-0.05, 0) is 43.7 Å². The van der Waals surface area contributed by atoms with Gasteiger partial charge in [0.1, 0.15) is 0 Å². The highest BCUT2D eigenvalue weighted by atomic mass is 16.3. The SMILES string of the molecule is CCCCN(CC)CC1CCC(C)(C)C1O. The normalized spacial score (nSPS) is 28.9. The van der Waals surface area contributed by atoms with Crippen molar-refractivity contribution in [1.82, 2.24) is 4.90 Å². The fourth-order valence-electron chi connectivity index (χ4n) is 2.78. The number of hydrogen-bond acceptors (Lipinski definition) is 2. The molecule has 16 heavy (non-hydrogen) atoms. The molecule has 0 saturated heterocycles. The van der Waals surface area contributed by atoms with Crippen molar-refractivity contribution in [2.75, 3.05) is 19.6 Å².